The normalized spacial score (nSPS) is 21.5. The maximum absolute atomic E-state index is 11.9. The molecule has 6 rings (SSSR count). The number of anilines is 2. The van der Waals surface area contributed by atoms with E-state index in [2.05, 4.69) is 25.3 Å². The van der Waals surface area contributed by atoms with Crippen molar-refractivity contribution in [2.75, 3.05) is 62.7 Å². The Labute approximate surface area is 219 Å². The number of likely N-dealkylation sites (tertiary alicyclic amines) is 1. The van der Waals surface area contributed by atoms with Gasteiger partial charge >= 0.3 is 6.03 Å². The Hall–Kier alpha value is -2.75. The van der Waals surface area contributed by atoms with Crippen LogP contribution in [-0.4, -0.2) is 90.4 Å². The number of benzene rings is 1. The molecule has 1 aliphatic carbocycles. The first-order valence-electron chi connectivity index (χ1n) is 14.0. The van der Waals surface area contributed by atoms with Gasteiger partial charge in [0.2, 0.25) is 0 Å². The average Bonchev–Trinajstić information content (AvgIpc) is 3.79. The summed E-state index contributed by atoms with van der Waals surface area (Å²) in [5, 5.41) is 5.63. The molecule has 0 unspecified atom stereocenters. The summed E-state index contributed by atoms with van der Waals surface area (Å²) in [4.78, 5) is 29.9. The lowest BCUT2D eigenvalue weighted by Crippen LogP contribution is -2.47. The second-order valence-electron chi connectivity index (χ2n) is 10.7. The zero-order chi connectivity index (χ0) is 25.2. The first-order chi connectivity index (χ1) is 18.2. The van der Waals surface area contributed by atoms with Gasteiger partial charge in [-0.15, -0.1) is 0 Å². The monoisotopic (exact) mass is 505 g/mol. The lowest BCUT2D eigenvalue weighted by atomic mass is 9.97. The average molecular weight is 506 g/mol. The molecule has 1 aromatic heterocycles. The number of hydrogen-bond acceptors (Lipinski definition) is 7. The number of ether oxygens (including phenoxy) is 1. The second kappa shape index (κ2) is 10.9. The molecule has 4 heterocycles. The molecular weight excluding hydrogens is 466 g/mol. The molecule has 1 aromatic carbocycles. The van der Waals surface area contributed by atoms with Crippen LogP contribution in [0.1, 0.15) is 43.9 Å². The molecule has 0 radical (unpaired) electrons. The van der Waals surface area contributed by atoms with Gasteiger partial charge in [-0.3, -0.25) is 4.90 Å². The molecular formula is C28H39N7O2. The molecule has 9 nitrogen and oxygen atoms in total. The lowest BCUT2D eigenvalue weighted by molar-refractivity contribution is 0.0932. The predicted molar refractivity (Wildman–Crippen MR) is 145 cm³/mol. The molecule has 0 bridgehead atoms. The van der Waals surface area contributed by atoms with Crippen LogP contribution in [0.25, 0.3) is 11.4 Å². The van der Waals surface area contributed by atoms with Gasteiger partial charge in [0, 0.05) is 61.6 Å². The van der Waals surface area contributed by atoms with Gasteiger partial charge in [-0.25, -0.2) is 14.8 Å². The first kappa shape index (κ1) is 24.6. The van der Waals surface area contributed by atoms with Crippen molar-refractivity contribution in [3.05, 3.63) is 35.5 Å². The number of piperidine rings is 1. The van der Waals surface area contributed by atoms with Crippen molar-refractivity contribution in [1.82, 2.24) is 25.1 Å². The van der Waals surface area contributed by atoms with Gasteiger partial charge in [-0.2, -0.15) is 0 Å². The molecule has 2 amide bonds. The molecule has 3 aliphatic heterocycles. The van der Waals surface area contributed by atoms with Crippen molar-refractivity contribution < 1.29 is 9.53 Å². The van der Waals surface area contributed by atoms with Crippen LogP contribution < -0.4 is 15.5 Å². The third kappa shape index (κ3) is 5.58. The Bertz CT molecular complexity index is 1090. The van der Waals surface area contributed by atoms with Crippen LogP contribution in [0, 0.1) is 0 Å². The van der Waals surface area contributed by atoms with Gasteiger partial charge in [-0.1, -0.05) is 0 Å². The van der Waals surface area contributed by atoms with Crippen LogP contribution in [0.4, 0.5) is 16.3 Å². The van der Waals surface area contributed by atoms with E-state index in [1.807, 2.05) is 31.2 Å². The fraction of sp³-hybridized carbons (Fsp3) is 0.607. The number of amides is 2. The maximum Gasteiger partial charge on any atom is 0.319 e. The minimum Gasteiger partial charge on any atom is -0.378 e. The number of urea groups is 1. The van der Waals surface area contributed by atoms with Crippen molar-refractivity contribution in [2.45, 2.75) is 57.7 Å². The van der Waals surface area contributed by atoms with E-state index in [9.17, 15) is 4.79 Å². The predicted octanol–water partition coefficient (Wildman–Crippen LogP) is 3.11. The zero-order valence-corrected chi connectivity index (χ0v) is 21.9. The number of morpholine rings is 1. The minimum absolute atomic E-state index is 0.196. The highest BCUT2D eigenvalue weighted by molar-refractivity contribution is 5.89. The molecule has 37 heavy (non-hydrogen) atoms. The van der Waals surface area contributed by atoms with E-state index in [0.29, 0.717) is 12.6 Å². The van der Waals surface area contributed by atoms with Crippen LogP contribution in [0.15, 0.2) is 24.3 Å². The van der Waals surface area contributed by atoms with E-state index < -0.39 is 0 Å². The summed E-state index contributed by atoms with van der Waals surface area (Å²) in [7, 11) is 0. The Balaban J connectivity index is 1.24. The van der Waals surface area contributed by atoms with Crippen LogP contribution in [0.5, 0.6) is 0 Å². The number of nitrogens with one attached hydrogen (secondary N) is 2. The first-order valence-corrected chi connectivity index (χ1v) is 14.0. The molecule has 0 atom stereocenters. The Morgan fingerprint density at radius 1 is 0.946 bits per heavy atom. The summed E-state index contributed by atoms with van der Waals surface area (Å²) in [6.45, 7) is 10.2. The van der Waals surface area contributed by atoms with E-state index in [-0.39, 0.29) is 6.03 Å². The summed E-state index contributed by atoms with van der Waals surface area (Å²) in [5.74, 6) is 1.84. The highest BCUT2D eigenvalue weighted by Gasteiger charge is 2.35. The van der Waals surface area contributed by atoms with Crippen molar-refractivity contribution in [1.29, 1.82) is 0 Å². The molecule has 4 aliphatic rings. The van der Waals surface area contributed by atoms with Crippen molar-refractivity contribution >= 4 is 17.5 Å². The second-order valence-corrected chi connectivity index (χ2v) is 10.7. The summed E-state index contributed by atoms with van der Waals surface area (Å²) < 4.78 is 5.63. The third-order valence-corrected chi connectivity index (χ3v) is 8.20. The standard InChI is InChI=1S/C28H39N7O2/c1-2-29-28(36)30-21-5-3-20(4-6-21)26-31-25-19-35(23-9-12-33(13-10-23)22-7-8-22)14-11-24(25)27(32-26)34-15-17-37-18-16-34/h3-6,22-23H,2,7-19H2,1H3,(H2,29,30,36). The van der Waals surface area contributed by atoms with Crippen LogP contribution in [0.2, 0.25) is 0 Å². The number of carbonyl (C=O) groups excluding carboxylic acids is 1. The van der Waals surface area contributed by atoms with Gasteiger partial charge in [0.05, 0.1) is 18.9 Å². The quantitative estimate of drug-likeness (QED) is 0.624. The van der Waals surface area contributed by atoms with E-state index in [4.69, 9.17) is 14.7 Å². The maximum atomic E-state index is 11.9. The van der Waals surface area contributed by atoms with Gasteiger partial charge in [-0.05, 0) is 76.4 Å². The Morgan fingerprint density at radius 3 is 2.38 bits per heavy atom. The third-order valence-electron chi connectivity index (χ3n) is 8.20. The number of rotatable bonds is 6. The van der Waals surface area contributed by atoms with E-state index >= 15 is 0 Å². The summed E-state index contributed by atoms with van der Waals surface area (Å²) in [5.41, 5.74) is 4.21. The highest BCUT2D eigenvalue weighted by atomic mass is 16.5. The van der Waals surface area contributed by atoms with Gasteiger partial charge in [0.1, 0.15) is 5.82 Å². The molecule has 9 heteroatoms. The molecule has 3 fully saturated rings. The molecule has 0 spiro atoms. The number of aromatic nitrogens is 2. The number of nitrogens with zero attached hydrogens (tertiary/aromatic N) is 5. The van der Waals surface area contributed by atoms with Gasteiger partial charge < -0.3 is 25.2 Å². The van der Waals surface area contributed by atoms with E-state index in [0.717, 1.165) is 74.7 Å². The van der Waals surface area contributed by atoms with Crippen LogP contribution in [-0.2, 0) is 17.7 Å². The van der Waals surface area contributed by atoms with Crippen molar-refractivity contribution in [2.24, 2.45) is 0 Å². The Morgan fingerprint density at radius 2 is 1.68 bits per heavy atom. The minimum atomic E-state index is -0.196. The fourth-order valence-electron chi connectivity index (χ4n) is 6.00. The largest absolute Gasteiger partial charge is 0.378 e. The summed E-state index contributed by atoms with van der Waals surface area (Å²) in [6.07, 6.45) is 6.32. The smallest absolute Gasteiger partial charge is 0.319 e. The number of fused-ring (bicyclic) bond motifs is 1. The molecule has 198 valence electrons. The highest BCUT2D eigenvalue weighted by Crippen LogP contribution is 2.34. The van der Waals surface area contributed by atoms with Crippen molar-refractivity contribution in [3.63, 3.8) is 0 Å². The Kier molecular flexibility index (Phi) is 7.26. The van der Waals surface area contributed by atoms with Crippen LogP contribution >= 0.6 is 0 Å². The van der Waals surface area contributed by atoms with E-state index in [1.165, 1.54) is 50.0 Å². The van der Waals surface area contributed by atoms with Crippen molar-refractivity contribution in [3.8, 4) is 11.4 Å². The summed E-state index contributed by atoms with van der Waals surface area (Å²) >= 11 is 0. The van der Waals surface area contributed by atoms with Crippen LogP contribution in [0.3, 0.4) is 0 Å². The lowest BCUT2D eigenvalue weighted by Gasteiger charge is -2.41. The van der Waals surface area contributed by atoms with Gasteiger partial charge in [0.25, 0.3) is 0 Å². The topological polar surface area (TPSA) is 85.9 Å². The molecule has 2 aromatic rings. The zero-order valence-electron chi connectivity index (χ0n) is 21.9. The molecule has 2 saturated heterocycles. The van der Waals surface area contributed by atoms with Gasteiger partial charge in [0.15, 0.2) is 5.82 Å². The fourth-order valence-corrected chi connectivity index (χ4v) is 6.00. The summed E-state index contributed by atoms with van der Waals surface area (Å²) in [6, 6.07) is 9.16. The van der Waals surface area contributed by atoms with E-state index in [1.54, 1.807) is 0 Å². The molecule has 2 N–H and O–H groups in total. The number of carbonyl (C=O) groups is 1. The molecule has 1 saturated carbocycles. The number of hydrogen-bond donors (Lipinski definition) is 2. The SMILES string of the molecule is CCNC(=O)Nc1ccc(-c2nc3c(c(N4CCOCC4)n2)CCN(C2CCN(C4CC4)CC2)C3)cc1.